The first-order valence-corrected chi connectivity index (χ1v) is 9.00. The van der Waals surface area contributed by atoms with Crippen molar-refractivity contribution in [2.24, 2.45) is 0 Å². The maximum Gasteiger partial charge on any atom is 0.119 e. The molecule has 24 heavy (non-hydrogen) atoms. The van der Waals surface area contributed by atoms with Crippen LogP contribution in [-0.2, 0) is 6.54 Å². The molecule has 3 heteroatoms. The summed E-state index contributed by atoms with van der Waals surface area (Å²) in [6, 6.07) is 20.7. The lowest BCUT2D eigenvalue weighted by atomic mass is 9.87. The lowest BCUT2D eigenvalue weighted by molar-refractivity contribution is 0.194. The van der Waals surface area contributed by atoms with Crippen LogP contribution in [0.4, 0.5) is 0 Å². The number of hydrogen-bond donors (Lipinski definition) is 1. The number of likely N-dealkylation sites (tertiary alicyclic amines) is 1. The number of nitrogens with one attached hydrogen (secondary N) is 1. The molecule has 2 heterocycles. The van der Waals surface area contributed by atoms with Crippen molar-refractivity contribution in [1.82, 2.24) is 10.2 Å². The zero-order chi connectivity index (χ0) is 16.4. The van der Waals surface area contributed by atoms with Crippen LogP contribution in [0.5, 0.6) is 5.75 Å². The maximum atomic E-state index is 5.44. The van der Waals surface area contributed by atoms with E-state index in [1.54, 1.807) is 7.11 Å². The number of benzene rings is 2. The van der Waals surface area contributed by atoms with E-state index in [9.17, 15) is 0 Å². The molecule has 0 aromatic heterocycles. The van der Waals surface area contributed by atoms with Gasteiger partial charge in [-0.1, -0.05) is 42.5 Å². The van der Waals surface area contributed by atoms with E-state index in [0.717, 1.165) is 25.4 Å². The molecule has 1 N–H and O–H groups in total. The Morgan fingerprint density at radius 3 is 2.83 bits per heavy atom. The summed E-state index contributed by atoms with van der Waals surface area (Å²) >= 11 is 0. The van der Waals surface area contributed by atoms with Gasteiger partial charge in [-0.05, 0) is 42.6 Å². The van der Waals surface area contributed by atoms with Gasteiger partial charge in [0.1, 0.15) is 5.75 Å². The fourth-order valence-corrected chi connectivity index (χ4v) is 4.40. The fourth-order valence-electron chi connectivity index (χ4n) is 4.40. The summed E-state index contributed by atoms with van der Waals surface area (Å²) in [5.41, 5.74) is 2.81. The van der Waals surface area contributed by atoms with E-state index in [0.29, 0.717) is 18.0 Å². The molecule has 3 atom stereocenters. The minimum absolute atomic E-state index is 0.536. The van der Waals surface area contributed by atoms with E-state index in [1.165, 1.54) is 24.0 Å². The van der Waals surface area contributed by atoms with E-state index in [1.807, 2.05) is 6.07 Å². The van der Waals surface area contributed by atoms with Gasteiger partial charge in [0.2, 0.25) is 0 Å². The number of fused-ring (bicyclic) bond motifs is 1. The predicted octanol–water partition coefficient (Wildman–Crippen LogP) is 3.42. The molecule has 2 aromatic carbocycles. The molecular formula is C21H26N2O. The van der Waals surface area contributed by atoms with Crippen molar-refractivity contribution in [1.29, 1.82) is 0 Å². The first-order chi connectivity index (χ1) is 11.8. The van der Waals surface area contributed by atoms with E-state index in [2.05, 4.69) is 58.7 Å². The third kappa shape index (κ3) is 3.06. The molecule has 2 aliphatic heterocycles. The van der Waals surface area contributed by atoms with E-state index >= 15 is 0 Å². The Balaban J connectivity index is 1.59. The number of piperidine rings is 1. The molecule has 0 unspecified atom stereocenters. The zero-order valence-corrected chi connectivity index (χ0v) is 14.3. The van der Waals surface area contributed by atoms with Gasteiger partial charge < -0.3 is 10.1 Å². The topological polar surface area (TPSA) is 24.5 Å². The molecule has 126 valence electrons. The van der Waals surface area contributed by atoms with Crippen LogP contribution in [0.2, 0.25) is 0 Å². The Morgan fingerprint density at radius 2 is 2.00 bits per heavy atom. The molecule has 0 aliphatic carbocycles. The van der Waals surface area contributed by atoms with Crippen molar-refractivity contribution in [3.05, 3.63) is 65.7 Å². The van der Waals surface area contributed by atoms with Gasteiger partial charge in [0.25, 0.3) is 0 Å². The Kier molecular flexibility index (Phi) is 4.54. The van der Waals surface area contributed by atoms with Gasteiger partial charge in [0.15, 0.2) is 0 Å². The van der Waals surface area contributed by atoms with E-state index in [-0.39, 0.29) is 0 Å². The molecule has 0 amide bonds. The largest absolute Gasteiger partial charge is 0.497 e. The van der Waals surface area contributed by atoms with Gasteiger partial charge in [-0.2, -0.15) is 0 Å². The van der Waals surface area contributed by atoms with Gasteiger partial charge in [0.05, 0.1) is 7.11 Å². The van der Waals surface area contributed by atoms with Gasteiger partial charge in [0, 0.05) is 31.1 Å². The van der Waals surface area contributed by atoms with Crippen LogP contribution >= 0.6 is 0 Å². The van der Waals surface area contributed by atoms with Crippen LogP contribution in [-0.4, -0.2) is 37.2 Å². The number of nitrogens with zero attached hydrogens (tertiary/aromatic N) is 1. The molecule has 0 spiro atoms. The highest BCUT2D eigenvalue weighted by Crippen LogP contribution is 2.37. The number of rotatable bonds is 4. The standard InChI is InChI=1S/C21H26N2O/c1-24-18-10-5-9-17(13-18)19-15-23(14-16-7-3-2-4-8-16)20-11-6-12-22-21(19)20/h2-5,7-10,13,19-22H,6,11-12,14-15H2,1H3/t19-,20-,21-/m1/s1. The highest BCUT2D eigenvalue weighted by Gasteiger charge is 2.43. The Labute approximate surface area is 144 Å². The highest BCUT2D eigenvalue weighted by atomic mass is 16.5. The fraction of sp³-hybridized carbons (Fsp3) is 0.429. The minimum atomic E-state index is 0.536. The second kappa shape index (κ2) is 6.96. The minimum Gasteiger partial charge on any atom is -0.497 e. The lowest BCUT2D eigenvalue weighted by Gasteiger charge is -2.33. The van der Waals surface area contributed by atoms with E-state index < -0.39 is 0 Å². The van der Waals surface area contributed by atoms with Crippen molar-refractivity contribution >= 4 is 0 Å². The van der Waals surface area contributed by atoms with Crippen molar-refractivity contribution in [2.75, 3.05) is 20.2 Å². The summed E-state index contributed by atoms with van der Waals surface area (Å²) in [5, 5.41) is 3.80. The molecule has 2 saturated heterocycles. The Bertz CT molecular complexity index is 673. The molecule has 2 aliphatic rings. The van der Waals surface area contributed by atoms with Crippen LogP contribution in [0.15, 0.2) is 54.6 Å². The Morgan fingerprint density at radius 1 is 1.12 bits per heavy atom. The molecule has 3 nitrogen and oxygen atoms in total. The van der Waals surface area contributed by atoms with Gasteiger partial charge in [-0.3, -0.25) is 4.90 Å². The van der Waals surface area contributed by atoms with Crippen molar-refractivity contribution in [3.8, 4) is 5.75 Å². The number of ether oxygens (including phenoxy) is 1. The van der Waals surface area contributed by atoms with Crippen molar-refractivity contribution in [2.45, 2.75) is 37.4 Å². The average Bonchev–Trinajstić information content (AvgIpc) is 3.01. The monoisotopic (exact) mass is 322 g/mol. The first kappa shape index (κ1) is 15.7. The molecule has 2 fully saturated rings. The highest BCUT2D eigenvalue weighted by molar-refractivity contribution is 5.34. The number of hydrogen-bond acceptors (Lipinski definition) is 3. The second-order valence-electron chi connectivity index (χ2n) is 6.99. The molecule has 0 radical (unpaired) electrons. The van der Waals surface area contributed by atoms with Crippen molar-refractivity contribution in [3.63, 3.8) is 0 Å². The maximum absolute atomic E-state index is 5.44. The number of methoxy groups -OCH3 is 1. The Hall–Kier alpha value is -1.84. The quantitative estimate of drug-likeness (QED) is 0.933. The van der Waals surface area contributed by atoms with Crippen LogP contribution in [0, 0.1) is 0 Å². The molecule has 0 saturated carbocycles. The van der Waals surface area contributed by atoms with E-state index in [4.69, 9.17) is 4.74 Å². The molecule has 4 rings (SSSR count). The van der Waals surface area contributed by atoms with Gasteiger partial charge >= 0.3 is 0 Å². The summed E-state index contributed by atoms with van der Waals surface area (Å²) < 4.78 is 5.44. The van der Waals surface area contributed by atoms with Crippen LogP contribution in [0.1, 0.15) is 29.9 Å². The lowest BCUT2D eigenvalue weighted by Crippen LogP contribution is -2.48. The van der Waals surface area contributed by atoms with Crippen molar-refractivity contribution < 1.29 is 4.74 Å². The van der Waals surface area contributed by atoms with Gasteiger partial charge in [-0.25, -0.2) is 0 Å². The smallest absolute Gasteiger partial charge is 0.119 e. The van der Waals surface area contributed by atoms with Crippen LogP contribution < -0.4 is 10.1 Å². The van der Waals surface area contributed by atoms with Gasteiger partial charge in [-0.15, -0.1) is 0 Å². The van der Waals surface area contributed by atoms with Crippen LogP contribution in [0.25, 0.3) is 0 Å². The average molecular weight is 322 g/mol. The van der Waals surface area contributed by atoms with Crippen LogP contribution in [0.3, 0.4) is 0 Å². The third-order valence-corrected chi connectivity index (χ3v) is 5.56. The first-order valence-electron chi connectivity index (χ1n) is 9.00. The summed E-state index contributed by atoms with van der Waals surface area (Å²) in [6.07, 6.45) is 2.57. The zero-order valence-electron chi connectivity index (χ0n) is 14.3. The molecule has 2 aromatic rings. The predicted molar refractivity (Wildman–Crippen MR) is 97.4 cm³/mol. The molecule has 0 bridgehead atoms. The summed E-state index contributed by atoms with van der Waals surface area (Å²) in [5.74, 6) is 1.50. The SMILES string of the molecule is COc1cccc([C@H]2CN(Cc3ccccc3)[C@@H]3CCCN[C@H]23)c1. The second-order valence-corrected chi connectivity index (χ2v) is 6.99. The molecular weight excluding hydrogens is 296 g/mol. The summed E-state index contributed by atoms with van der Waals surface area (Å²) in [6.45, 7) is 3.30. The normalized spacial score (nSPS) is 27.0. The summed E-state index contributed by atoms with van der Waals surface area (Å²) in [4.78, 5) is 2.68. The third-order valence-electron chi connectivity index (χ3n) is 5.56. The summed E-state index contributed by atoms with van der Waals surface area (Å²) in [7, 11) is 1.75.